The Bertz CT molecular complexity index is 894. The molecule has 1 N–H and O–H groups in total. The van der Waals surface area contributed by atoms with E-state index < -0.39 is 11.7 Å². The van der Waals surface area contributed by atoms with E-state index in [1.54, 1.807) is 36.4 Å². The molecule has 0 saturated carbocycles. The van der Waals surface area contributed by atoms with Crippen molar-refractivity contribution in [2.24, 2.45) is 0 Å². The lowest BCUT2D eigenvalue weighted by atomic mass is 10.1. The average molecular weight is 348 g/mol. The summed E-state index contributed by atoms with van der Waals surface area (Å²) in [7, 11) is 0. The monoisotopic (exact) mass is 347 g/mol. The Labute approximate surface area is 127 Å². The number of aromatic nitrogens is 1. The number of hydrogen-bond donors (Lipinski definition) is 1. The largest absolute Gasteiger partial charge is 0.478 e. The van der Waals surface area contributed by atoms with Crippen molar-refractivity contribution in [1.82, 2.24) is 4.57 Å². The maximum atomic E-state index is 11.9. The lowest BCUT2D eigenvalue weighted by Crippen LogP contribution is -2.17. The first-order chi connectivity index (χ1) is 10.1. The number of oxazole rings is 1. The van der Waals surface area contributed by atoms with Crippen LogP contribution in [0.4, 0.5) is 0 Å². The van der Waals surface area contributed by atoms with Gasteiger partial charge >= 0.3 is 11.7 Å². The Morgan fingerprint density at radius 1 is 1.24 bits per heavy atom. The number of aromatic carboxylic acids is 1. The lowest BCUT2D eigenvalue weighted by molar-refractivity contribution is 0.0695. The minimum atomic E-state index is -1.03. The van der Waals surface area contributed by atoms with Gasteiger partial charge in [-0.05, 0) is 35.9 Å². The second kappa shape index (κ2) is 5.21. The van der Waals surface area contributed by atoms with E-state index in [0.717, 1.165) is 4.47 Å². The third kappa shape index (κ3) is 2.50. The number of fused-ring (bicyclic) bond motifs is 1. The van der Waals surface area contributed by atoms with Crippen LogP contribution < -0.4 is 5.76 Å². The van der Waals surface area contributed by atoms with Crippen LogP contribution in [0.2, 0.25) is 0 Å². The van der Waals surface area contributed by atoms with Crippen molar-refractivity contribution in [3.8, 4) is 0 Å². The van der Waals surface area contributed by atoms with Crippen molar-refractivity contribution < 1.29 is 14.3 Å². The highest BCUT2D eigenvalue weighted by molar-refractivity contribution is 9.10. The molecule has 106 valence electrons. The predicted octanol–water partition coefficient (Wildman–Crippen LogP) is 3.10. The fraction of sp³-hybridized carbons (Fsp3) is 0.0667. The number of carboxylic acids is 1. The predicted molar refractivity (Wildman–Crippen MR) is 80.7 cm³/mol. The van der Waals surface area contributed by atoms with Crippen LogP contribution in [-0.2, 0) is 6.54 Å². The third-order valence-corrected chi connectivity index (χ3v) is 3.69. The molecule has 0 radical (unpaired) electrons. The summed E-state index contributed by atoms with van der Waals surface area (Å²) in [6.45, 7) is 0.136. The van der Waals surface area contributed by atoms with Crippen LogP contribution in [0.3, 0.4) is 0 Å². The van der Waals surface area contributed by atoms with Gasteiger partial charge < -0.3 is 9.52 Å². The van der Waals surface area contributed by atoms with Crippen molar-refractivity contribution in [3.63, 3.8) is 0 Å². The molecule has 0 saturated heterocycles. The average Bonchev–Trinajstić information content (AvgIpc) is 2.75. The molecule has 0 spiro atoms. The second-order valence-corrected chi connectivity index (χ2v) is 5.44. The van der Waals surface area contributed by atoms with Crippen LogP contribution in [0, 0.1) is 0 Å². The van der Waals surface area contributed by atoms with E-state index >= 15 is 0 Å². The quantitative estimate of drug-likeness (QED) is 0.790. The first-order valence-corrected chi connectivity index (χ1v) is 6.95. The Hall–Kier alpha value is -2.34. The summed E-state index contributed by atoms with van der Waals surface area (Å²) in [5.41, 5.74) is 1.81. The molecule has 0 aliphatic carbocycles. The van der Waals surface area contributed by atoms with Crippen molar-refractivity contribution in [1.29, 1.82) is 0 Å². The van der Waals surface area contributed by atoms with Gasteiger partial charge in [0, 0.05) is 4.47 Å². The molecule has 0 fully saturated rings. The maximum absolute atomic E-state index is 11.9. The van der Waals surface area contributed by atoms with Crippen LogP contribution in [0.1, 0.15) is 15.9 Å². The van der Waals surface area contributed by atoms with Crippen LogP contribution in [0.5, 0.6) is 0 Å². The fourth-order valence-corrected chi connectivity index (χ4v) is 2.64. The molecular formula is C15H10BrNO4. The highest BCUT2D eigenvalue weighted by Gasteiger charge is 2.14. The number of halogens is 1. The number of benzene rings is 2. The lowest BCUT2D eigenvalue weighted by Gasteiger charge is -2.07. The van der Waals surface area contributed by atoms with Gasteiger partial charge in [0.1, 0.15) is 0 Å². The van der Waals surface area contributed by atoms with Crippen molar-refractivity contribution in [3.05, 3.63) is 68.6 Å². The standard InChI is InChI=1S/C15H10BrNO4/c16-10-5-6-11(14(18)19)9(7-10)8-17-12-3-1-2-4-13(12)21-15(17)20/h1-7H,8H2,(H,18,19). The molecule has 5 nitrogen and oxygen atoms in total. The molecular weight excluding hydrogens is 338 g/mol. The van der Waals surface area contributed by atoms with Gasteiger partial charge in [-0.3, -0.25) is 4.57 Å². The van der Waals surface area contributed by atoms with Gasteiger partial charge in [0.05, 0.1) is 17.6 Å². The molecule has 0 unspecified atom stereocenters. The minimum absolute atomic E-state index is 0.136. The van der Waals surface area contributed by atoms with E-state index in [0.29, 0.717) is 16.7 Å². The SMILES string of the molecule is O=C(O)c1ccc(Br)cc1Cn1c(=O)oc2ccccc21. The molecule has 1 aromatic heterocycles. The second-order valence-electron chi connectivity index (χ2n) is 4.53. The number of carbonyl (C=O) groups is 1. The zero-order valence-corrected chi connectivity index (χ0v) is 12.3. The molecule has 0 amide bonds. The number of carboxylic acid groups (broad SMARTS) is 1. The molecule has 3 aromatic rings. The normalized spacial score (nSPS) is 10.9. The zero-order chi connectivity index (χ0) is 15.0. The Morgan fingerprint density at radius 3 is 2.76 bits per heavy atom. The van der Waals surface area contributed by atoms with Crippen LogP contribution >= 0.6 is 15.9 Å². The van der Waals surface area contributed by atoms with Gasteiger partial charge in [0.15, 0.2) is 5.58 Å². The van der Waals surface area contributed by atoms with Crippen LogP contribution in [-0.4, -0.2) is 15.6 Å². The maximum Gasteiger partial charge on any atom is 0.420 e. The molecule has 0 aliphatic heterocycles. The zero-order valence-electron chi connectivity index (χ0n) is 10.7. The Kier molecular flexibility index (Phi) is 3.39. The first kappa shape index (κ1) is 13.6. The van der Waals surface area contributed by atoms with E-state index in [1.165, 1.54) is 10.6 Å². The number of rotatable bonds is 3. The van der Waals surface area contributed by atoms with Crippen LogP contribution in [0.25, 0.3) is 11.1 Å². The van der Waals surface area contributed by atoms with E-state index in [-0.39, 0.29) is 12.1 Å². The molecule has 1 heterocycles. The van der Waals surface area contributed by atoms with Gasteiger partial charge in [-0.15, -0.1) is 0 Å². The molecule has 3 rings (SSSR count). The van der Waals surface area contributed by atoms with Crippen molar-refractivity contribution in [2.45, 2.75) is 6.54 Å². The smallest absolute Gasteiger partial charge is 0.420 e. The summed E-state index contributed by atoms with van der Waals surface area (Å²) in [6.07, 6.45) is 0. The third-order valence-electron chi connectivity index (χ3n) is 3.20. The topological polar surface area (TPSA) is 72.4 Å². The van der Waals surface area contributed by atoms with Crippen molar-refractivity contribution >= 4 is 33.0 Å². The fourth-order valence-electron chi connectivity index (χ4n) is 2.24. The summed E-state index contributed by atoms with van der Waals surface area (Å²) < 4.78 is 7.32. The minimum Gasteiger partial charge on any atom is -0.478 e. The summed E-state index contributed by atoms with van der Waals surface area (Å²) in [6, 6.07) is 11.9. The van der Waals surface area contributed by atoms with E-state index in [9.17, 15) is 14.7 Å². The van der Waals surface area contributed by atoms with Gasteiger partial charge in [-0.25, -0.2) is 9.59 Å². The van der Waals surface area contributed by atoms with Gasteiger partial charge in [0.25, 0.3) is 0 Å². The molecule has 0 aliphatic rings. The van der Waals surface area contributed by atoms with Gasteiger partial charge in [-0.2, -0.15) is 0 Å². The van der Waals surface area contributed by atoms with E-state index in [1.807, 2.05) is 0 Å². The van der Waals surface area contributed by atoms with Gasteiger partial charge in [0.2, 0.25) is 0 Å². The summed E-state index contributed by atoms with van der Waals surface area (Å²) in [4.78, 5) is 23.2. The highest BCUT2D eigenvalue weighted by atomic mass is 79.9. The summed E-state index contributed by atoms with van der Waals surface area (Å²) in [5.74, 6) is -1.54. The summed E-state index contributed by atoms with van der Waals surface area (Å²) in [5, 5.41) is 9.24. The van der Waals surface area contributed by atoms with Gasteiger partial charge in [-0.1, -0.05) is 28.1 Å². The number of nitrogens with zero attached hydrogens (tertiary/aromatic N) is 1. The Morgan fingerprint density at radius 2 is 2.00 bits per heavy atom. The molecule has 2 aromatic carbocycles. The first-order valence-electron chi connectivity index (χ1n) is 6.16. The molecule has 0 atom stereocenters. The van der Waals surface area contributed by atoms with Crippen LogP contribution in [0.15, 0.2) is 56.1 Å². The summed E-state index contributed by atoms with van der Waals surface area (Å²) >= 11 is 3.31. The number of para-hydroxylation sites is 2. The molecule has 6 heteroatoms. The highest BCUT2D eigenvalue weighted by Crippen LogP contribution is 2.20. The number of hydrogen-bond acceptors (Lipinski definition) is 3. The van der Waals surface area contributed by atoms with E-state index in [2.05, 4.69) is 15.9 Å². The van der Waals surface area contributed by atoms with E-state index in [4.69, 9.17) is 4.42 Å². The van der Waals surface area contributed by atoms with Crippen molar-refractivity contribution in [2.75, 3.05) is 0 Å². The molecule has 21 heavy (non-hydrogen) atoms. The Balaban J connectivity index is 2.15. The molecule has 0 bridgehead atoms.